The molecule has 84 valence electrons. The summed E-state index contributed by atoms with van der Waals surface area (Å²) in [5.41, 5.74) is 5.30. The van der Waals surface area contributed by atoms with Crippen molar-refractivity contribution >= 4 is 9.84 Å². The van der Waals surface area contributed by atoms with Crippen molar-refractivity contribution in [1.29, 1.82) is 0 Å². The summed E-state index contributed by atoms with van der Waals surface area (Å²) in [7, 11) is -2.89. The Morgan fingerprint density at radius 1 is 1.21 bits per heavy atom. The van der Waals surface area contributed by atoms with E-state index in [0.717, 1.165) is 31.6 Å². The van der Waals surface area contributed by atoms with Crippen LogP contribution in [0.3, 0.4) is 0 Å². The van der Waals surface area contributed by atoms with E-state index in [2.05, 4.69) is 6.92 Å². The third kappa shape index (κ3) is 2.95. The fourth-order valence-electron chi connectivity index (χ4n) is 2.23. The van der Waals surface area contributed by atoms with E-state index in [0.29, 0.717) is 0 Å². The van der Waals surface area contributed by atoms with Gasteiger partial charge in [0, 0.05) is 6.54 Å². The Morgan fingerprint density at radius 3 is 2.21 bits per heavy atom. The quantitative estimate of drug-likeness (QED) is 0.776. The Bertz CT molecular complexity index is 253. The van der Waals surface area contributed by atoms with Crippen LogP contribution < -0.4 is 5.73 Å². The molecule has 0 bridgehead atoms. The highest BCUT2D eigenvalue weighted by Gasteiger charge is 2.29. The Balaban J connectivity index is 2.49. The molecule has 1 aliphatic rings. The summed E-state index contributed by atoms with van der Waals surface area (Å²) < 4.78 is 23.4. The van der Waals surface area contributed by atoms with Gasteiger partial charge >= 0.3 is 0 Å². The first kappa shape index (κ1) is 12.0. The molecule has 0 radical (unpaired) electrons. The van der Waals surface area contributed by atoms with Crippen LogP contribution in [0.15, 0.2) is 0 Å². The van der Waals surface area contributed by atoms with Gasteiger partial charge in [0.2, 0.25) is 0 Å². The Morgan fingerprint density at radius 2 is 1.79 bits per heavy atom. The monoisotopic (exact) mass is 219 g/mol. The average molecular weight is 219 g/mol. The molecule has 0 saturated heterocycles. The molecule has 0 unspecified atom stereocenters. The van der Waals surface area contributed by atoms with Crippen LogP contribution in [0.25, 0.3) is 0 Å². The van der Waals surface area contributed by atoms with E-state index in [1.165, 1.54) is 6.42 Å². The minimum Gasteiger partial charge on any atom is -0.329 e. The number of sulfone groups is 1. The maximum atomic E-state index is 11.7. The molecule has 1 fully saturated rings. The van der Waals surface area contributed by atoms with Crippen molar-refractivity contribution in [2.75, 3.05) is 12.3 Å². The molecule has 0 amide bonds. The first-order valence-electron chi connectivity index (χ1n) is 5.51. The molecule has 0 aliphatic heterocycles. The second-order valence-corrected chi connectivity index (χ2v) is 6.61. The molecule has 1 aliphatic carbocycles. The second kappa shape index (κ2) is 5.12. The molecular formula is C10H21NO2S. The average Bonchev–Trinajstić information content (AvgIpc) is 2.18. The topological polar surface area (TPSA) is 60.2 Å². The van der Waals surface area contributed by atoms with Crippen LogP contribution >= 0.6 is 0 Å². The molecule has 0 atom stereocenters. The predicted octanol–water partition coefficient (Wildman–Crippen LogP) is 1.33. The summed E-state index contributed by atoms with van der Waals surface area (Å²) in [4.78, 5) is 0. The maximum Gasteiger partial charge on any atom is 0.154 e. The van der Waals surface area contributed by atoms with E-state index >= 15 is 0 Å². The molecule has 0 aromatic heterocycles. The highest BCUT2D eigenvalue weighted by atomic mass is 32.2. The number of rotatable bonds is 4. The van der Waals surface area contributed by atoms with E-state index in [9.17, 15) is 8.42 Å². The lowest BCUT2D eigenvalue weighted by atomic mass is 9.87. The van der Waals surface area contributed by atoms with E-state index in [1.54, 1.807) is 0 Å². The van der Waals surface area contributed by atoms with Crippen molar-refractivity contribution in [3.63, 3.8) is 0 Å². The van der Waals surface area contributed by atoms with Gasteiger partial charge < -0.3 is 5.73 Å². The fourth-order valence-corrected chi connectivity index (χ4v) is 3.88. The van der Waals surface area contributed by atoms with Crippen LogP contribution in [0.1, 0.15) is 39.0 Å². The summed E-state index contributed by atoms with van der Waals surface area (Å²) in [6.07, 6.45) is 5.03. The standard InChI is InChI=1S/C10H21NO2S/c1-2-9-3-5-10(6-4-9)14(12,13)8-7-11/h9-10H,2-8,11H2,1H3. The van der Waals surface area contributed by atoms with Gasteiger partial charge in [0.1, 0.15) is 0 Å². The number of hydrogen-bond donors (Lipinski definition) is 1. The number of hydrogen-bond acceptors (Lipinski definition) is 3. The lowest BCUT2D eigenvalue weighted by Gasteiger charge is -2.27. The summed E-state index contributed by atoms with van der Waals surface area (Å²) in [6.45, 7) is 2.44. The Hall–Kier alpha value is -0.0900. The van der Waals surface area contributed by atoms with Gasteiger partial charge in [-0.1, -0.05) is 13.3 Å². The zero-order chi connectivity index (χ0) is 10.6. The van der Waals surface area contributed by atoms with Gasteiger partial charge in [0.05, 0.1) is 11.0 Å². The predicted molar refractivity (Wildman–Crippen MR) is 58.9 cm³/mol. The molecule has 0 spiro atoms. The number of nitrogens with two attached hydrogens (primary N) is 1. The van der Waals surface area contributed by atoms with Gasteiger partial charge in [-0.15, -0.1) is 0 Å². The third-order valence-electron chi connectivity index (χ3n) is 3.28. The molecular weight excluding hydrogens is 198 g/mol. The van der Waals surface area contributed by atoms with Gasteiger partial charge in [0.15, 0.2) is 9.84 Å². The Labute approximate surface area is 87.0 Å². The zero-order valence-corrected chi connectivity index (χ0v) is 9.72. The second-order valence-electron chi connectivity index (χ2n) is 4.21. The third-order valence-corrected chi connectivity index (χ3v) is 5.57. The van der Waals surface area contributed by atoms with Crippen molar-refractivity contribution in [2.24, 2.45) is 11.7 Å². The van der Waals surface area contributed by atoms with Crippen molar-refractivity contribution < 1.29 is 8.42 Å². The van der Waals surface area contributed by atoms with Crippen LogP contribution in [0, 0.1) is 5.92 Å². The lowest BCUT2D eigenvalue weighted by molar-refractivity contribution is 0.348. The lowest BCUT2D eigenvalue weighted by Crippen LogP contribution is -2.31. The summed E-state index contributed by atoms with van der Waals surface area (Å²) in [5.74, 6) is 0.911. The normalized spacial score (nSPS) is 29.0. The SMILES string of the molecule is CCC1CCC(S(=O)(=O)CCN)CC1. The molecule has 3 nitrogen and oxygen atoms in total. The molecule has 1 rings (SSSR count). The maximum absolute atomic E-state index is 11.7. The molecule has 2 N–H and O–H groups in total. The molecule has 0 aromatic rings. The Kier molecular flexibility index (Phi) is 4.38. The van der Waals surface area contributed by atoms with Gasteiger partial charge in [0.25, 0.3) is 0 Å². The van der Waals surface area contributed by atoms with Gasteiger partial charge in [-0.25, -0.2) is 8.42 Å². The van der Waals surface area contributed by atoms with Crippen molar-refractivity contribution in [3.05, 3.63) is 0 Å². The summed E-state index contributed by atoms with van der Waals surface area (Å²) in [6, 6.07) is 0. The van der Waals surface area contributed by atoms with Gasteiger partial charge in [-0.3, -0.25) is 0 Å². The first-order chi connectivity index (χ1) is 6.60. The van der Waals surface area contributed by atoms with E-state index in [4.69, 9.17) is 5.73 Å². The summed E-state index contributed by atoms with van der Waals surface area (Å²) in [5, 5.41) is -0.103. The highest BCUT2D eigenvalue weighted by molar-refractivity contribution is 7.92. The van der Waals surface area contributed by atoms with E-state index in [1.807, 2.05) is 0 Å². The summed E-state index contributed by atoms with van der Waals surface area (Å²) >= 11 is 0. The van der Waals surface area contributed by atoms with Gasteiger partial charge in [-0.05, 0) is 31.6 Å². The van der Waals surface area contributed by atoms with E-state index in [-0.39, 0.29) is 17.5 Å². The van der Waals surface area contributed by atoms with Crippen molar-refractivity contribution in [2.45, 2.75) is 44.3 Å². The van der Waals surface area contributed by atoms with Crippen molar-refractivity contribution in [1.82, 2.24) is 0 Å². The molecule has 0 heterocycles. The largest absolute Gasteiger partial charge is 0.329 e. The van der Waals surface area contributed by atoms with E-state index < -0.39 is 9.84 Å². The minimum absolute atomic E-state index is 0.103. The minimum atomic E-state index is -2.89. The smallest absolute Gasteiger partial charge is 0.154 e. The molecule has 4 heteroatoms. The van der Waals surface area contributed by atoms with Crippen LogP contribution in [0.2, 0.25) is 0 Å². The van der Waals surface area contributed by atoms with Crippen LogP contribution in [0.4, 0.5) is 0 Å². The fraction of sp³-hybridized carbons (Fsp3) is 1.00. The van der Waals surface area contributed by atoms with Crippen LogP contribution in [-0.2, 0) is 9.84 Å². The van der Waals surface area contributed by atoms with Crippen molar-refractivity contribution in [3.8, 4) is 0 Å². The molecule has 1 saturated carbocycles. The highest BCUT2D eigenvalue weighted by Crippen LogP contribution is 2.30. The van der Waals surface area contributed by atoms with Crippen LogP contribution in [0.5, 0.6) is 0 Å². The molecule has 0 aromatic carbocycles. The van der Waals surface area contributed by atoms with Gasteiger partial charge in [-0.2, -0.15) is 0 Å². The molecule has 14 heavy (non-hydrogen) atoms. The zero-order valence-electron chi connectivity index (χ0n) is 8.91. The van der Waals surface area contributed by atoms with Crippen LogP contribution in [-0.4, -0.2) is 26.0 Å². The first-order valence-corrected chi connectivity index (χ1v) is 7.23.